The Morgan fingerprint density at radius 1 is 1.18 bits per heavy atom. The zero-order valence-corrected chi connectivity index (χ0v) is 22.4. The number of ether oxygens (including phenoxy) is 1. The Morgan fingerprint density at radius 3 is 2.53 bits per heavy atom. The highest BCUT2D eigenvalue weighted by molar-refractivity contribution is 7.93. The largest absolute Gasteiger partial charge is 0.488 e. The molecule has 12 heteroatoms. The predicted octanol–water partition coefficient (Wildman–Crippen LogP) is 5.98. The molecule has 7 nitrogen and oxygen atoms in total. The first-order chi connectivity index (χ1) is 16.0. The third-order valence-electron chi connectivity index (χ3n) is 5.60. The number of benzene rings is 2. The number of hydrogen-bond donors (Lipinski definition) is 1. The van der Waals surface area contributed by atoms with Crippen LogP contribution < -0.4 is 9.46 Å². The summed E-state index contributed by atoms with van der Waals surface area (Å²) in [4.78, 5) is 6.21. The summed E-state index contributed by atoms with van der Waals surface area (Å²) in [5, 5.41) is 1.66. The van der Waals surface area contributed by atoms with Crippen LogP contribution in [0.5, 0.6) is 5.75 Å². The van der Waals surface area contributed by atoms with Crippen LogP contribution in [-0.2, 0) is 16.6 Å². The molecule has 1 N–H and O–H groups in total. The van der Waals surface area contributed by atoms with Gasteiger partial charge in [-0.15, -0.1) is 0 Å². The van der Waals surface area contributed by atoms with E-state index in [4.69, 9.17) is 39.5 Å². The first kappa shape index (κ1) is 25.5. The second-order valence-corrected chi connectivity index (χ2v) is 12.6. The standard InChI is InChI=1S/C22H23Cl3N4O3S2/c1-22(2)12-29(11-14-7-15(23)9-16(24)8-14)6-5-20(22)32-19-4-3-17(10-18(19)25)34(30,31)28-21-26-13-27-33-21/h3-4,7-10,13,20H,5-6,11-12H2,1-2H3,(H,26,27,28). The summed E-state index contributed by atoms with van der Waals surface area (Å²) in [5.74, 6) is 0.449. The van der Waals surface area contributed by atoms with Crippen LogP contribution in [0.3, 0.4) is 0 Å². The molecule has 34 heavy (non-hydrogen) atoms. The van der Waals surface area contributed by atoms with Gasteiger partial charge in [0.1, 0.15) is 18.2 Å². The average Bonchev–Trinajstić information content (AvgIpc) is 3.22. The van der Waals surface area contributed by atoms with Gasteiger partial charge >= 0.3 is 0 Å². The highest BCUT2D eigenvalue weighted by atomic mass is 35.5. The number of nitrogens with one attached hydrogen (secondary N) is 1. The van der Waals surface area contributed by atoms with Crippen molar-refractivity contribution in [2.75, 3.05) is 17.8 Å². The lowest BCUT2D eigenvalue weighted by atomic mass is 9.81. The summed E-state index contributed by atoms with van der Waals surface area (Å²) < 4.78 is 37.6. The number of likely N-dealkylation sites (tertiary alicyclic amines) is 1. The van der Waals surface area contributed by atoms with Gasteiger partial charge in [-0.05, 0) is 48.4 Å². The summed E-state index contributed by atoms with van der Waals surface area (Å²) in [6.07, 6.45) is 1.98. The molecular weight excluding hydrogens is 539 g/mol. The Hall–Kier alpha value is -1.62. The van der Waals surface area contributed by atoms with E-state index in [0.717, 1.165) is 43.2 Å². The molecule has 1 aliphatic heterocycles. The quantitative estimate of drug-likeness (QED) is 0.382. The minimum Gasteiger partial charge on any atom is -0.488 e. The molecule has 2 heterocycles. The van der Waals surface area contributed by atoms with E-state index < -0.39 is 10.0 Å². The number of halogens is 3. The molecule has 1 atom stereocenters. The second-order valence-electron chi connectivity index (χ2n) is 8.82. The molecule has 1 fully saturated rings. The topological polar surface area (TPSA) is 84.4 Å². The SMILES string of the molecule is CC1(C)CN(Cc2cc(Cl)cc(Cl)c2)CCC1Oc1ccc(S(=O)(=O)Nc2ncns2)cc1Cl. The van der Waals surface area contributed by atoms with Crippen LogP contribution in [-0.4, -0.2) is 41.9 Å². The van der Waals surface area contributed by atoms with E-state index in [1.807, 2.05) is 12.1 Å². The number of hydrogen-bond acceptors (Lipinski definition) is 7. The molecule has 0 aliphatic carbocycles. The number of rotatable bonds is 7. The molecular formula is C22H23Cl3N4O3S2. The molecule has 1 saturated heterocycles. The van der Waals surface area contributed by atoms with Gasteiger partial charge in [-0.2, -0.15) is 4.37 Å². The Balaban J connectivity index is 1.42. The smallest absolute Gasteiger partial charge is 0.263 e. The summed E-state index contributed by atoms with van der Waals surface area (Å²) in [5.41, 5.74) is 0.892. The van der Waals surface area contributed by atoms with Crippen molar-refractivity contribution in [3.05, 3.63) is 63.4 Å². The van der Waals surface area contributed by atoms with Crippen LogP contribution in [0.25, 0.3) is 0 Å². The van der Waals surface area contributed by atoms with Crippen LogP contribution in [0.15, 0.2) is 47.6 Å². The molecule has 1 aliphatic rings. The van der Waals surface area contributed by atoms with E-state index in [1.165, 1.54) is 18.5 Å². The number of aromatic nitrogens is 2. The Bertz CT molecular complexity index is 1250. The normalized spacial score (nSPS) is 18.6. The maximum Gasteiger partial charge on any atom is 0.263 e. The minimum absolute atomic E-state index is 0.0225. The lowest BCUT2D eigenvalue weighted by molar-refractivity contribution is -0.0112. The van der Waals surface area contributed by atoms with Crippen molar-refractivity contribution in [3.63, 3.8) is 0 Å². The number of piperidine rings is 1. The lowest BCUT2D eigenvalue weighted by Crippen LogP contribution is -2.50. The number of nitrogens with zero attached hydrogens (tertiary/aromatic N) is 3. The van der Waals surface area contributed by atoms with Crippen LogP contribution in [0.2, 0.25) is 15.1 Å². The highest BCUT2D eigenvalue weighted by Gasteiger charge is 2.38. The van der Waals surface area contributed by atoms with Gasteiger partial charge in [0.25, 0.3) is 10.0 Å². The fraction of sp³-hybridized carbons (Fsp3) is 0.364. The van der Waals surface area contributed by atoms with Gasteiger partial charge in [0.2, 0.25) is 5.13 Å². The fourth-order valence-corrected chi connectivity index (χ4v) is 6.60. The first-order valence-electron chi connectivity index (χ1n) is 10.4. The fourth-order valence-electron chi connectivity index (χ4n) is 4.05. The van der Waals surface area contributed by atoms with E-state index in [1.54, 1.807) is 12.1 Å². The van der Waals surface area contributed by atoms with Crippen molar-refractivity contribution in [1.29, 1.82) is 0 Å². The second kappa shape index (κ2) is 10.2. The monoisotopic (exact) mass is 560 g/mol. The molecule has 182 valence electrons. The Kier molecular flexibility index (Phi) is 7.61. The van der Waals surface area contributed by atoms with E-state index in [-0.39, 0.29) is 26.6 Å². The maximum absolute atomic E-state index is 12.6. The maximum atomic E-state index is 12.6. The molecule has 0 spiro atoms. The Morgan fingerprint density at radius 2 is 1.91 bits per heavy atom. The van der Waals surface area contributed by atoms with Gasteiger partial charge in [0.05, 0.1) is 9.92 Å². The molecule has 4 rings (SSSR count). The highest BCUT2D eigenvalue weighted by Crippen LogP contribution is 2.37. The predicted molar refractivity (Wildman–Crippen MR) is 137 cm³/mol. The molecule has 1 unspecified atom stereocenters. The third-order valence-corrected chi connectivity index (χ3v) is 8.38. The summed E-state index contributed by atoms with van der Waals surface area (Å²) >= 11 is 19.7. The van der Waals surface area contributed by atoms with Crippen molar-refractivity contribution in [2.45, 2.75) is 37.8 Å². The molecule has 0 amide bonds. The van der Waals surface area contributed by atoms with Crippen molar-refractivity contribution in [1.82, 2.24) is 14.3 Å². The van der Waals surface area contributed by atoms with Gasteiger partial charge < -0.3 is 4.74 Å². The van der Waals surface area contributed by atoms with E-state index >= 15 is 0 Å². The van der Waals surface area contributed by atoms with Crippen molar-refractivity contribution < 1.29 is 13.2 Å². The van der Waals surface area contributed by atoms with E-state index in [2.05, 4.69) is 32.8 Å². The minimum atomic E-state index is -3.83. The molecule has 0 bridgehead atoms. The van der Waals surface area contributed by atoms with Crippen LogP contribution in [0.4, 0.5) is 5.13 Å². The zero-order chi connectivity index (χ0) is 24.5. The van der Waals surface area contributed by atoms with Crippen LogP contribution >= 0.6 is 46.3 Å². The zero-order valence-electron chi connectivity index (χ0n) is 18.5. The van der Waals surface area contributed by atoms with Gasteiger partial charge in [0.15, 0.2) is 0 Å². The van der Waals surface area contributed by atoms with Gasteiger partial charge in [0, 0.05) is 46.6 Å². The average molecular weight is 562 g/mol. The van der Waals surface area contributed by atoms with Crippen LogP contribution in [0.1, 0.15) is 25.8 Å². The molecule has 3 aromatic rings. The first-order valence-corrected chi connectivity index (χ1v) is 13.8. The summed E-state index contributed by atoms with van der Waals surface area (Å²) in [6, 6.07) is 10.0. The van der Waals surface area contributed by atoms with Crippen molar-refractivity contribution in [2.24, 2.45) is 5.41 Å². The van der Waals surface area contributed by atoms with Crippen molar-refractivity contribution >= 4 is 61.5 Å². The summed E-state index contributed by atoms with van der Waals surface area (Å²) in [6.45, 7) is 6.66. The van der Waals surface area contributed by atoms with Gasteiger partial charge in [-0.3, -0.25) is 9.62 Å². The van der Waals surface area contributed by atoms with Crippen LogP contribution in [0, 0.1) is 5.41 Å². The summed E-state index contributed by atoms with van der Waals surface area (Å²) in [7, 11) is -3.83. The molecule has 0 radical (unpaired) electrons. The third kappa shape index (κ3) is 6.13. The van der Waals surface area contributed by atoms with E-state index in [9.17, 15) is 8.42 Å². The van der Waals surface area contributed by atoms with Gasteiger partial charge in [-0.1, -0.05) is 48.7 Å². The molecule has 0 saturated carbocycles. The molecule has 1 aromatic heterocycles. The Labute approximate surface area is 218 Å². The number of sulfonamides is 1. The molecule has 2 aromatic carbocycles. The van der Waals surface area contributed by atoms with Gasteiger partial charge in [-0.25, -0.2) is 13.4 Å². The number of anilines is 1. The van der Waals surface area contributed by atoms with Crippen molar-refractivity contribution in [3.8, 4) is 5.75 Å². The lowest BCUT2D eigenvalue weighted by Gasteiger charge is -2.44. The van der Waals surface area contributed by atoms with E-state index in [0.29, 0.717) is 15.8 Å².